The molecule has 0 spiro atoms. The highest BCUT2D eigenvalue weighted by Crippen LogP contribution is 2.38. The summed E-state index contributed by atoms with van der Waals surface area (Å²) in [6.07, 6.45) is 6.92. The number of rotatable bonds is 3. The maximum absolute atomic E-state index is 11.4. The average Bonchev–Trinajstić information content (AvgIpc) is 2.96. The Bertz CT molecular complexity index is 563. The van der Waals surface area contributed by atoms with Crippen molar-refractivity contribution in [3.8, 4) is 11.8 Å². The van der Waals surface area contributed by atoms with Crippen molar-refractivity contribution in [2.45, 2.75) is 50.5 Å². The fourth-order valence-electron chi connectivity index (χ4n) is 3.37. The second-order valence-corrected chi connectivity index (χ2v) is 6.15. The Morgan fingerprint density at radius 1 is 1.14 bits per heavy atom. The number of ether oxygens (including phenoxy) is 2. The lowest BCUT2D eigenvalue weighted by molar-refractivity contribution is 0.0379. The fraction of sp³-hybridized carbons (Fsp3) is 0.526. The topological polar surface area (TPSA) is 35.5 Å². The summed E-state index contributed by atoms with van der Waals surface area (Å²) in [7, 11) is 0. The lowest BCUT2D eigenvalue weighted by Gasteiger charge is -2.32. The van der Waals surface area contributed by atoms with Crippen LogP contribution in [0.15, 0.2) is 30.3 Å². The van der Waals surface area contributed by atoms with E-state index in [9.17, 15) is 4.79 Å². The molecular formula is C19H22O3. The van der Waals surface area contributed by atoms with Crippen LogP contribution in [0.2, 0.25) is 0 Å². The van der Waals surface area contributed by atoms with E-state index in [4.69, 9.17) is 9.47 Å². The van der Waals surface area contributed by atoms with Gasteiger partial charge in [-0.15, -0.1) is 0 Å². The molecule has 1 unspecified atom stereocenters. The second-order valence-electron chi connectivity index (χ2n) is 6.15. The molecule has 1 aliphatic heterocycles. The Morgan fingerprint density at radius 2 is 1.91 bits per heavy atom. The van der Waals surface area contributed by atoms with E-state index in [1.165, 1.54) is 24.8 Å². The van der Waals surface area contributed by atoms with Crippen molar-refractivity contribution in [1.29, 1.82) is 0 Å². The first-order chi connectivity index (χ1) is 10.8. The van der Waals surface area contributed by atoms with E-state index in [0.29, 0.717) is 5.92 Å². The third kappa shape index (κ3) is 3.44. The number of benzene rings is 1. The first-order valence-corrected chi connectivity index (χ1v) is 8.18. The highest BCUT2D eigenvalue weighted by molar-refractivity contribution is 5.64. The number of cyclic esters (lactones) is 2. The molecule has 3 rings (SSSR count). The van der Waals surface area contributed by atoms with Crippen molar-refractivity contribution in [3.63, 3.8) is 0 Å². The van der Waals surface area contributed by atoms with Crippen LogP contribution in [-0.2, 0) is 15.9 Å². The zero-order valence-electron chi connectivity index (χ0n) is 12.8. The Balaban J connectivity index is 1.66. The maximum atomic E-state index is 11.4. The zero-order valence-corrected chi connectivity index (χ0v) is 12.8. The summed E-state index contributed by atoms with van der Waals surface area (Å²) in [5, 5.41) is 0. The summed E-state index contributed by atoms with van der Waals surface area (Å²) in [6, 6.07) is 10.3. The molecule has 1 aliphatic carbocycles. The van der Waals surface area contributed by atoms with Crippen LogP contribution in [0.3, 0.4) is 0 Å². The molecule has 1 saturated heterocycles. The van der Waals surface area contributed by atoms with E-state index in [0.717, 1.165) is 25.7 Å². The smallest absolute Gasteiger partial charge is 0.429 e. The van der Waals surface area contributed by atoms with Crippen LogP contribution in [0, 0.1) is 17.8 Å². The predicted molar refractivity (Wildman–Crippen MR) is 84.3 cm³/mol. The molecule has 0 N–H and O–H groups in total. The molecule has 3 nitrogen and oxygen atoms in total. The van der Waals surface area contributed by atoms with Crippen LogP contribution in [-0.4, -0.2) is 18.4 Å². The molecule has 116 valence electrons. The summed E-state index contributed by atoms with van der Waals surface area (Å²) in [5.41, 5.74) is 0.581. The third-order valence-electron chi connectivity index (χ3n) is 4.62. The van der Waals surface area contributed by atoms with Gasteiger partial charge in [-0.05, 0) is 24.8 Å². The minimum atomic E-state index is -0.700. The number of hydrogen-bond acceptors (Lipinski definition) is 3. The molecule has 22 heavy (non-hydrogen) atoms. The summed E-state index contributed by atoms with van der Waals surface area (Å²) >= 11 is 0. The SMILES string of the molecule is O=C1OCC(C#CCCc2ccccc2)(C2CCCCC2)O1. The first-order valence-electron chi connectivity index (χ1n) is 8.18. The highest BCUT2D eigenvalue weighted by atomic mass is 16.8. The van der Waals surface area contributed by atoms with Gasteiger partial charge in [0.2, 0.25) is 5.60 Å². The Hall–Kier alpha value is -1.95. The van der Waals surface area contributed by atoms with Crippen molar-refractivity contribution < 1.29 is 14.3 Å². The van der Waals surface area contributed by atoms with E-state index in [2.05, 4.69) is 24.0 Å². The summed E-state index contributed by atoms with van der Waals surface area (Å²) < 4.78 is 10.6. The zero-order chi connectivity index (χ0) is 15.3. The number of aryl methyl sites for hydroxylation is 1. The molecule has 3 heteroatoms. The van der Waals surface area contributed by atoms with Gasteiger partial charge in [0, 0.05) is 12.3 Å². The van der Waals surface area contributed by atoms with Gasteiger partial charge in [0.05, 0.1) is 0 Å². The van der Waals surface area contributed by atoms with Crippen LogP contribution in [0.25, 0.3) is 0 Å². The highest BCUT2D eigenvalue weighted by Gasteiger charge is 2.47. The van der Waals surface area contributed by atoms with Gasteiger partial charge in [0.15, 0.2) is 0 Å². The van der Waals surface area contributed by atoms with Gasteiger partial charge < -0.3 is 9.47 Å². The van der Waals surface area contributed by atoms with Crippen LogP contribution >= 0.6 is 0 Å². The minimum absolute atomic E-state index is 0.287. The molecule has 2 fully saturated rings. The molecule has 0 amide bonds. The minimum Gasteiger partial charge on any atom is -0.429 e. The van der Waals surface area contributed by atoms with E-state index in [-0.39, 0.29) is 6.61 Å². The van der Waals surface area contributed by atoms with Crippen molar-refractivity contribution >= 4 is 6.16 Å². The number of hydrogen-bond donors (Lipinski definition) is 0. The van der Waals surface area contributed by atoms with Gasteiger partial charge in [-0.1, -0.05) is 61.4 Å². The quantitative estimate of drug-likeness (QED) is 0.622. The first kappa shape index (κ1) is 15.0. The largest absolute Gasteiger partial charge is 0.510 e. The van der Waals surface area contributed by atoms with E-state index < -0.39 is 11.8 Å². The monoisotopic (exact) mass is 298 g/mol. The summed E-state index contributed by atoms with van der Waals surface area (Å²) in [4.78, 5) is 11.4. The van der Waals surface area contributed by atoms with Crippen LogP contribution in [0.4, 0.5) is 4.79 Å². The van der Waals surface area contributed by atoms with Gasteiger partial charge in [-0.25, -0.2) is 4.79 Å². The Kier molecular flexibility index (Phi) is 4.68. The fourth-order valence-corrected chi connectivity index (χ4v) is 3.37. The normalized spacial score (nSPS) is 25.0. The molecule has 1 aromatic rings. The van der Waals surface area contributed by atoms with Crippen LogP contribution in [0.1, 0.15) is 44.1 Å². The molecule has 1 saturated carbocycles. The third-order valence-corrected chi connectivity index (χ3v) is 4.62. The maximum Gasteiger partial charge on any atom is 0.510 e. The lowest BCUT2D eigenvalue weighted by atomic mass is 9.77. The Morgan fingerprint density at radius 3 is 2.59 bits per heavy atom. The van der Waals surface area contributed by atoms with Crippen LogP contribution in [0.5, 0.6) is 0 Å². The van der Waals surface area contributed by atoms with Gasteiger partial charge >= 0.3 is 6.16 Å². The number of carbonyl (C=O) groups is 1. The number of carbonyl (C=O) groups excluding carboxylic acids is 1. The van der Waals surface area contributed by atoms with Gasteiger partial charge in [0.25, 0.3) is 0 Å². The lowest BCUT2D eigenvalue weighted by Crippen LogP contribution is -2.40. The molecule has 0 bridgehead atoms. The van der Waals surface area contributed by atoms with Crippen molar-refractivity contribution in [1.82, 2.24) is 0 Å². The molecule has 0 aromatic heterocycles. The Labute approximate surface area is 132 Å². The molecule has 0 radical (unpaired) electrons. The second kappa shape index (κ2) is 6.87. The van der Waals surface area contributed by atoms with E-state index in [1.54, 1.807) is 0 Å². The van der Waals surface area contributed by atoms with Gasteiger partial charge in [-0.3, -0.25) is 0 Å². The van der Waals surface area contributed by atoms with E-state index >= 15 is 0 Å². The summed E-state index contributed by atoms with van der Waals surface area (Å²) in [6.45, 7) is 0.287. The molecule has 1 heterocycles. The van der Waals surface area contributed by atoms with Gasteiger partial charge in [-0.2, -0.15) is 0 Å². The van der Waals surface area contributed by atoms with Crippen molar-refractivity contribution in [2.24, 2.45) is 5.92 Å². The molecule has 1 atom stereocenters. The van der Waals surface area contributed by atoms with Crippen LogP contribution < -0.4 is 0 Å². The molecule has 2 aliphatic rings. The van der Waals surface area contributed by atoms with E-state index in [1.807, 2.05) is 18.2 Å². The molecule has 1 aromatic carbocycles. The van der Waals surface area contributed by atoms with Crippen molar-refractivity contribution in [2.75, 3.05) is 6.61 Å². The predicted octanol–water partition coefficient (Wildman–Crippen LogP) is 4.11. The standard InChI is InChI=1S/C19H22O3/c20-18-21-15-19(22-18,17-12-5-2-6-13-17)14-8-7-11-16-9-3-1-4-10-16/h1,3-4,9-10,17H,2,5-7,11-13,15H2. The van der Waals surface area contributed by atoms with Gasteiger partial charge in [0.1, 0.15) is 6.61 Å². The van der Waals surface area contributed by atoms with Crippen molar-refractivity contribution in [3.05, 3.63) is 35.9 Å². The average molecular weight is 298 g/mol. The molecular weight excluding hydrogens is 276 g/mol. The summed E-state index contributed by atoms with van der Waals surface area (Å²) in [5.74, 6) is 6.79.